The number of carbonyl (C=O) groups excluding carboxylic acids is 1. The number of amides is 1. The van der Waals surface area contributed by atoms with Crippen LogP contribution in [0.5, 0.6) is 11.5 Å². The zero-order valence-electron chi connectivity index (χ0n) is 16.8. The standard InChI is InChI=1S/C24H23N3O3/c1-24(23(28)26-19-9-10-21-22(14-19)30-16-29-21)11-13-27(24)15-17-5-7-18(8-6-17)20-4-2-3-12-25-20/h2-10,12,14H,11,13,15-16H2,1H3,(H,26,28). The van der Waals surface area contributed by atoms with Crippen LogP contribution in [-0.4, -0.2) is 34.7 Å². The third-order valence-electron chi connectivity index (χ3n) is 5.97. The van der Waals surface area contributed by atoms with Crippen molar-refractivity contribution in [3.05, 3.63) is 72.4 Å². The average molecular weight is 401 g/mol. The Morgan fingerprint density at radius 3 is 2.67 bits per heavy atom. The van der Waals surface area contributed by atoms with Crippen LogP contribution in [0, 0.1) is 0 Å². The minimum absolute atomic E-state index is 0.00211. The molecule has 0 bridgehead atoms. The van der Waals surface area contributed by atoms with Crippen molar-refractivity contribution in [2.45, 2.75) is 25.4 Å². The van der Waals surface area contributed by atoms with Crippen molar-refractivity contribution in [1.29, 1.82) is 0 Å². The molecule has 1 fully saturated rings. The number of fused-ring (bicyclic) bond motifs is 1. The first-order valence-corrected chi connectivity index (χ1v) is 10.1. The molecule has 0 aliphatic carbocycles. The fraction of sp³-hybridized carbons (Fsp3) is 0.250. The molecule has 2 aliphatic heterocycles. The summed E-state index contributed by atoms with van der Waals surface area (Å²) in [6.07, 6.45) is 2.63. The molecule has 0 radical (unpaired) electrons. The zero-order valence-corrected chi connectivity index (χ0v) is 16.8. The molecule has 1 N–H and O–H groups in total. The van der Waals surface area contributed by atoms with Crippen molar-refractivity contribution in [3.63, 3.8) is 0 Å². The largest absolute Gasteiger partial charge is 0.454 e. The van der Waals surface area contributed by atoms with Gasteiger partial charge in [-0.2, -0.15) is 0 Å². The highest BCUT2D eigenvalue weighted by Crippen LogP contribution is 2.36. The molecule has 0 saturated carbocycles. The molecule has 1 amide bonds. The molecule has 5 rings (SSSR count). The Hall–Kier alpha value is -3.38. The second-order valence-corrected chi connectivity index (χ2v) is 7.88. The van der Waals surface area contributed by atoms with Crippen molar-refractivity contribution in [3.8, 4) is 22.8 Å². The molecule has 3 heterocycles. The van der Waals surface area contributed by atoms with Gasteiger partial charge in [0.1, 0.15) is 0 Å². The molecule has 2 aliphatic rings. The van der Waals surface area contributed by atoms with Crippen LogP contribution in [0.1, 0.15) is 18.9 Å². The Labute approximate surface area is 175 Å². The van der Waals surface area contributed by atoms with Crippen molar-refractivity contribution in [1.82, 2.24) is 9.88 Å². The maximum atomic E-state index is 13.0. The van der Waals surface area contributed by atoms with Gasteiger partial charge in [0.2, 0.25) is 12.7 Å². The summed E-state index contributed by atoms with van der Waals surface area (Å²) in [5.74, 6) is 1.37. The van der Waals surface area contributed by atoms with E-state index in [0.717, 1.165) is 36.5 Å². The molecule has 6 heteroatoms. The number of ether oxygens (including phenoxy) is 2. The average Bonchev–Trinajstić information content (AvgIpc) is 3.25. The molecule has 0 spiro atoms. The lowest BCUT2D eigenvalue weighted by molar-refractivity contribution is -0.136. The van der Waals surface area contributed by atoms with Gasteiger partial charge in [0, 0.05) is 36.6 Å². The van der Waals surface area contributed by atoms with Gasteiger partial charge in [0.05, 0.1) is 11.2 Å². The molecular formula is C24H23N3O3. The quantitative estimate of drug-likeness (QED) is 0.698. The number of hydrogen-bond donors (Lipinski definition) is 1. The fourth-order valence-corrected chi connectivity index (χ4v) is 3.89. The van der Waals surface area contributed by atoms with Crippen LogP contribution in [0.2, 0.25) is 0 Å². The summed E-state index contributed by atoms with van der Waals surface area (Å²) >= 11 is 0. The van der Waals surface area contributed by atoms with E-state index in [9.17, 15) is 4.79 Å². The van der Waals surface area contributed by atoms with E-state index < -0.39 is 5.54 Å². The Balaban J connectivity index is 1.25. The number of likely N-dealkylation sites (tertiary alicyclic amines) is 1. The predicted molar refractivity (Wildman–Crippen MR) is 114 cm³/mol. The predicted octanol–water partition coefficient (Wildman–Crippen LogP) is 4.08. The molecule has 1 atom stereocenters. The monoisotopic (exact) mass is 401 g/mol. The van der Waals surface area contributed by atoms with Crippen LogP contribution in [-0.2, 0) is 11.3 Å². The number of rotatable bonds is 5. The van der Waals surface area contributed by atoms with E-state index in [1.54, 1.807) is 6.20 Å². The summed E-state index contributed by atoms with van der Waals surface area (Å²) in [4.78, 5) is 19.6. The maximum absolute atomic E-state index is 13.0. The molecular weight excluding hydrogens is 378 g/mol. The normalized spacial score (nSPS) is 19.9. The van der Waals surface area contributed by atoms with Crippen LogP contribution in [0.15, 0.2) is 66.9 Å². The molecule has 3 aromatic rings. The highest BCUT2D eigenvalue weighted by atomic mass is 16.7. The first-order chi connectivity index (χ1) is 14.6. The van der Waals surface area contributed by atoms with Gasteiger partial charge in [-0.25, -0.2) is 0 Å². The topological polar surface area (TPSA) is 63.7 Å². The van der Waals surface area contributed by atoms with Crippen LogP contribution >= 0.6 is 0 Å². The van der Waals surface area contributed by atoms with Crippen molar-refractivity contribution in [2.75, 3.05) is 18.7 Å². The molecule has 1 aromatic heterocycles. The molecule has 2 aromatic carbocycles. The minimum Gasteiger partial charge on any atom is -0.454 e. The molecule has 30 heavy (non-hydrogen) atoms. The van der Waals surface area contributed by atoms with E-state index in [1.807, 2.05) is 43.3 Å². The number of nitrogens with zero attached hydrogens (tertiary/aromatic N) is 2. The van der Waals surface area contributed by atoms with Gasteiger partial charge in [-0.3, -0.25) is 14.7 Å². The number of pyridine rings is 1. The van der Waals surface area contributed by atoms with Gasteiger partial charge < -0.3 is 14.8 Å². The highest BCUT2D eigenvalue weighted by Gasteiger charge is 2.46. The Kier molecular flexibility index (Phi) is 4.64. The van der Waals surface area contributed by atoms with Gasteiger partial charge in [-0.15, -0.1) is 0 Å². The maximum Gasteiger partial charge on any atom is 0.244 e. The van der Waals surface area contributed by atoms with Crippen molar-refractivity contribution >= 4 is 11.6 Å². The van der Waals surface area contributed by atoms with Gasteiger partial charge in [0.15, 0.2) is 11.5 Å². The summed E-state index contributed by atoms with van der Waals surface area (Å²) in [5.41, 5.74) is 3.41. The number of aromatic nitrogens is 1. The number of carbonyl (C=O) groups is 1. The Morgan fingerprint density at radius 1 is 1.10 bits per heavy atom. The summed E-state index contributed by atoms with van der Waals surface area (Å²) in [7, 11) is 0. The Bertz CT molecular complexity index is 1070. The zero-order chi connectivity index (χ0) is 20.6. The lowest BCUT2D eigenvalue weighted by Gasteiger charge is -2.49. The van der Waals surface area contributed by atoms with Crippen LogP contribution in [0.25, 0.3) is 11.3 Å². The molecule has 1 unspecified atom stereocenters. The summed E-state index contributed by atoms with van der Waals surface area (Å²) in [6.45, 7) is 3.85. The Morgan fingerprint density at radius 2 is 1.93 bits per heavy atom. The summed E-state index contributed by atoms with van der Waals surface area (Å²) in [6, 6.07) is 19.8. The smallest absolute Gasteiger partial charge is 0.244 e. The van der Waals surface area contributed by atoms with Crippen LogP contribution in [0.4, 0.5) is 5.69 Å². The van der Waals surface area contributed by atoms with Gasteiger partial charge in [-0.05, 0) is 43.2 Å². The third-order valence-corrected chi connectivity index (χ3v) is 5.97. The lowest BCUT2D eigenvalue weighted by Crippen LogP contribution is -2.63. The van der Waals surface area contributed by atoms with E-state index in [-0.39, 0.29) is 12.7 Å². The third kappa shape index (κ3) is 3.39. The second-order valence-electron chi connectivity index (χ2n) is 7.88. The molecule has 6 nitrogen and oxygen atoms in total. The van der Waals surface area contributed by atoms with E-state index in [2.05, 4.69) is 39.5 Å². The van der Waals surface area contributed by atoms with Crippen LogP contribution in [0.3, 0.4) is 0 Å². The number of nitrogens with one attached hydrogen (secondary N) is 1. The number of hydrogen-bond acceptors (Lipinski definition) is 5. The van der Waals surface area contributed by atoms with Crippen molar-refractivity contribution < 1.29 is 14.3 Å². The number of anilines is 1. The van der Waals surface area contributed by atoms with E-state index >= 15 is 0 Å². The van der Waals surface area contributed by atoms with Gasteiger partial charge in [-0.1, -0.05) is 30.3 Å². The summed E-state index contributed by atoms with van der Waals surface area (Å²) in [5, 5.41) is 3.04. The van der Waals surface area contributed by atoms with Gasteiger partial charge in [0.25, 0.3) is 0 Å². The minimum atomic E-state index is -0.532. The van der Waals surface area contributed by atoms with E-state index in [0.29, 0.717) is 11.5 Å². The van der Waals surface area contributed by atoms with E-state index in [4.69, 9.17) is 9.47 Å². The fourth-order valence-electron chi connectivity index (χ4n) is 3.89. The second kappa shape index (κ2) is 7.46. The van der Waals surface area contributed by atoms with Crippen molar-refractivity contribution in [2.24, 2.45) is 0 Å². The first kappa shape index (κ1) is 18.6. The van der Waals surface area contributed by atoms with E-state index in [1.165, 1.54) is 5.56 Å². The SMILES string of the molecule is CC1(C(=O)Nc2ccc3c(c2)OCO3)CCN1Cc1ccc(-c2ccccn2)cc1. The number of benzene rings is 2. The van der Waals surface area contributed by atoms with Gasteiger partial charge >= 0.3 is 0 Å². The molecule has 1 saturated heterocycles. The summed E-state index contributed by atoms with van der Waals surface area (Å²) < 4.78 is 10.7. The lowest BCUT2D eigenvalue weighted by atomic mass is 9.85. The highest BCUT2D eigenvalue weighted by molar-refractivity contribution is 5.98. The molecule has 152 valence electrons. The first-order valence-electron chi connectivity index (χ1n) is 10.1. The van der Waals surface area contributed by atoms with Crippen LogP contribution < -0.4 is 14.8 Å².